The molecule has 10 nitrogen and oxygen atoms in total. The minimum absolute atomic E-state index is 0.0178. The lowest BCUT2D eigenvalue weighted by Crippen LogP contribution is -2.38. The number of hydrogen-bond donors (Lipinski definition) is 1. The molecule has 0 radical (unpaired) electrons. The molecule has 0 atom stereocenters. The molecule has 0 spiro atoms. The first kappa shape index (κ1) is 24.0. The first-order chi connectivity index (χ1) is 16.7. The Hall–Kier alpha value is -4.16. The lowest BCUT2D eigenvalue weighted by molar-refractivity contribution is -0.384. The number of carbonyl (C=O) groups excluding carboxylic acids is 1. The highest BCUT2D eigenvalue weighted by Crippen LogP contribution is 2.29. The fourth-order valence-electron chi connectivity index (χ4n) is 3.17. The number of anilines is 2. The van der Waals surface area contributed by atoms with E-state index < -0.39 is 27.4 Å². The van der Waals surface area contributed by atoms with E-state index in [4.69, 9.17) is 0 Å². The van der Waals surface area contributed by atoms with E-state index in [0.717, 1.165) is 32.8 Å². The van der Waals surface area contributed by atoms with E-state index in [1.165, 1.54) is 30.3 Å². The first-order valence-corrected chi connectivity index (χ1v) is 12.5. The Morgan fingerprint density at radius 1 is 1.03 bits per heavy atom. The third-order valence-corrected chi connectivity index (χ3v) is 7.59. The van der Waals surface area contributed by atoms with Gasteiger partial charge >= 0.3 is 0 Å². The van der Waals surface area contributed by atoms with Gasteiger partial charge < -0.3 is 0 Å². The average molecular weight is 510 g/mol. The van der Waals surface area contributed by atoms with Gasteiger partial charge in [0, 0.05) is 17.7 Å². The Morgan fingerprint density at radius 2 is 1.74 bits per heavy atom. The smallest absolute Gasteiger partial charge is 0.271 e. The van der Waals surface area contributed by atoms with Crippen LogP contribution >= 0.6 is 11.3 Å². The maximum Gasteiger partial charge on any atom is 0.271 e. The quantitative estimate of drug-likeness (QED) is 0.277. The van der Waals surface area contributed by atoms with Gasteiger partial charge in [0.2, 0.25) is 11.0 Å². The van der Waals surface area contributed by atoms with Gasteiger partial charge in [0.25, 0.3) is 15.7 Å². The van der Waals surface area contributed by atoms with E-state index in [0.29, 0.717) is 5.01 Å². The largest absolute Gasteiger partial charge is 0.299 e. The zero-order valence-corrected chi connectivity index (χ0v) is 20.0. The van der Waals surface area contributed by atoms with Crippen LogP contribution in [0.1, 0.15) is 5.56 Å². The summed E-state index contributed by atoms with van der Waals surface area (Å²) in [6.45, 7) is 1.34. The van der Waals surface area contributed by atoms with Crippen molar-refractivity contribution in [2.45, 2.75) is 11.8 Å². The number of aryl methyl sites for hydroxylation is 1. The molecule has 0 fully saturated rings. The Labute approximate surface area is 205 Å². The van der Waals surface area contributed by atoms with Crippen molar-refractivity contribution in [3.05, 3.63) is 94.5 Å². The molecule has 0 aliphatic rings. The summed E-state index contributed by atoms with van der Waals surface area (Å²) in [5.74, 6) is -0.678. The summed E-state index contributed by atoms with van der Waals surface area (Å²) in [5.41, 5.74) is 1.60. The predicted octanol–water partition coefficient (Wildman–Crippen LogP) is 4.26. The highest BCUT2D eigenvalue weighted by atomic mass is 32.2. The van der Waals surface area contributed by atoms with Crippen LogP contribution in [-0.2, 0) is 14.8 Å². The number of nitro groups is 1. The van der Waals surface area contributed by atoms with Gasteiger partial charge in [-0.2, -0.15) is 0 Å². The second-order valence-corrected chi connectivity index (χ2v) is 10.3. The number of carbonyl (C=O) groups is 1. The summed E-state index contributed by atoms with van der Waals surface area (Å²) >= 11 is 1.14. The van der Waals surface area contributed by atoms with Crippen LogP contribution in [0.2, 0.25) is 0 Å². The minimum atomic E-state index is -4.21. The zero-order chi connectivity index (χ0) is 25.0. The van der Waals surface area contributed by atoms with Crippen LogP contribution < -0.4 is 9.62 Å². The molecule has 1 aromatic heterocycles. The standard InChI is InChI=1S/C23H19N5O5S2/c1-16-10-12-17(13-11-16)22-25-26-23(34-22)24-21(29)15-27(18-6-5-7-19(14-18)28(30)31)35(32,33)20-8-3-2-4-9-20/h2-14H,15H2,1H3,(H,24,26,29). The Morgan fingerprint density at radius 3 is 2.43 bits per heavy atom. The summed E-state index contributed by atoms with van der Waals surface area (Å²) in [4.78, 5) is 23.4. The summed E-state index contributed by atoms with van der Waals surface area (Å²) in [6.07, 6.45) is 0. The van der Waals surface area contributed by atoms with Crippen LogP contribution in [0.3, 0.4) is 0 Å². The van der Waals surface area contributed by atoms with Gasteiger partial charge in [0.1, 0.15) is 11.6 Å². The van der Waals surface area contributed by atoms with Crippen LogP contribution in [0.25, 0.3) is 10.6 Å². The van der Waals surface area contributed by atoms with E-state index >= 15 is 0 Å². The fourth-order valence-corrected chi connectivity index (χ4v) is 5.37. The van der Waals surface area contributed by atoms with Crippen molar-refractivity contribution in [2.75, 3.05) is 16.2 Å². The van der Waals surface area contributed by atoms with Gasteiger partial charge in [-0.3, -0.25) is 24.5 Å². The molecule has 0 aliphatic heterocycles. The molecule has 0 aliphatic carbocycles. The molecule has 0 bridgehead atoms. The molecule has 35 heavy (non-hydrogen) atoms. The van der Waals surface area contributed by atoms with Crippen LogP contribution in [-0.4, -0.2) is 36.0 Å². The second-order valence-electron chi connectivity index (χ2n) is 7.43. The van der Waals surface area contributed by atoms with Crippen molar-refractivity contribution in [3.8, 4) is 10.6 Å². The summed E-state index contributed by atoms with van der Waals surface area (Å²) in [6, 6.07) is 20.3. The van der Waals surface area contributed by atoms with E-state index in [1.807, 2.05) is 31.2 Å². The lowest BCUT2D eigenvalue weighted by atomic mass is 10.2. The van der Waals surface area contributed by atoms with Crippen molar-refractivity contribution in [1.29, 1.82) is 0 Å². The molecule has 0 saturated heterocycles. The fraction of sp³-hybridized carbons (Fsp3) is 0.0870. The number of amides is 1. The topological polar surface area (TPSA) is 135 Å². The Kier molecular flexibility index (Phi) is 6.85. The third kappa shape index (κ3) is 5.50. The highest BCUT2D eigenvalue weighted by molar-refractivity contribution is 7.92. The number of nitrogens with one attached hydrogen (secondary N) is 1. The van der Waals surface area contributed by atoms with Gasteiger partial charge in [0.05, 0.1) is 15.5 Å². The van der Waals surface area contributed by atoms with Crippen LogP contribution in [0, 0.1) is 17.0 Å². The molecule has 12 heteroatoms. The number of benzene rings is 3. The van der Waals surface area contributed by atoms with E-state index in [9.17, 15) is 23.3 Å². The summed E-state index contributed by atoms with van der Waals surface area (Å²) in [7, 11) is -4.21. The molecule has 3 aromatic carbocycles. The molecule has 1 heterocycles. The van der Waals surface area contributed by atoms with Crippen molar-refractivity contribution >= 4 is 43.8 Å². The number of sulfonamides is 1. The van der Waals surface area contributed by atoms with Crippen LogP contribution in [0.4, 0.5) is 16.5 Å². The Balaban J connectivity index is 1.61. The monoisotopic (exact) mass is 509 g/mol. The normalized spacial score (nSPS) is 11.1. The van der Waals surface area contributed by atoms with Crippen LogP contribution in [0.15, 0.2) is 83.8 Å². The van der Waals surface area contributed by atoms with E-state index in [1.54, 1.807) is 18.2 Å². The maximum atomic E-state index is 13.4. The molecule has 4 rings (SSSR count). The molecule has 4 aromatic rings. The van der Waals surface area contributed by atoms with Crippen molar-refractivity contribution in [2.24, 2.45) is 0 Å². The molecule has 1 amide bonds. The van der Waals surface area contributed by atoms with Crippen molar-refractivity contribution < 1.29 is 18.1 Å². The van der Waals surface area contributed by atoms with E-state index in [-0.39, 0.29) is 21.4 Å². The third-order valence-electron chi connectivity index (χ3n) is 4.92. The Bertz CT molecular complexity index is 1470. The molecule has 178 valence electrons. The number of non-ortho nitro benzene ring substituents is 1. The number of hydrogen-bond acceptors (Lipinski definition) is 8. The van der Waals surface area contributed by atoms with Gasteiger partial charge in [-0.15, -0.1) is 10.2 Å². The lowest BCUT2D eigenvalue weighted by Gasteiger charge is -2.23. The molecule has 1 N–H and O–H groups in total. The molecular weight excluding hydrogens is 490 g/mol. The molecule has 0 saturated carbocycles. The maximum absolute atomic E-state index is 13.4. The van der Waals surface area contributed by atoms with Crippen LogP contribution in [0.5, 0.6) is 0 Å². The van der Waals surface area contributed by atoms with Gasteiger partial charge in [-0.25, -0.2) is 8.42 Å². The van der Waals surface area contributed by atoms with E-state index in [2.05, 4.69) is 15.5 Å². The highest BCUT2D eigenvalue weighted by Gasteiger charge is 2.28. The van der Waals surface area contributed by atoms with Gasteiger partial charge in [-0.1, -0.05) is 65.4 Å². The van der Waals surface area contributed by atoms with Gasteiger partial charge in [0.15, 0.2) is 0 Å². The summed E-state index contributed by atoms with van der Waals surface area (Å²) in [5, 5.41) is 22.7. The number of aromatic nitrogens is 2. The second kappa shape index (κ2) is 9.99. The van der Waals surface area contributed by atoms with Crippen molar-refractivity contribution in [3.63, 3.8) is 0 Å². The number of nitrogens with zero attached hydrogens (tertiary/aromatic N) is 4. The number of rotatable bonds is 8. The first-order valence-electron chi connectivity index (χ1n) is 10.3. The SMILES string of the molecule is Cc1ccc(-c2nnc(NC(=O)CN(c3cccc([N+](=O)[O-])c3)S(=O)(=O)c3ccccc3)s2)cc1. The average Bonchev–Trinajstić information content (AvgIpc) is 3.31. The van der Waals surface area contributed by atoms with Crippen molar-refractivity contribution in [1.82, 2.24) is 10.2 Å². The predicted molar refractivity (Wildman–Crippen MR) is 133 cm³/mol. The zero-order valence-electron chi connectivity index (χ0n) is 18.4. The number of nitro benzene ring substituents is 1. The van der Waals surface area contributed by atoms with Gasteiger partial charge in [-0.05, 0) is 25.1 Å². The minimum Gasteiger partial charge on any atom is -0.299 e. The summed E-state index contributed by atoms with van der Waals surface area (Å²) < 4.78 is 27.6. The molecule has 0 unspecified atom stereocenters. The molecular formula is C23H19N5O5S2.